The van der Waals surface area contributed by atoms with E-state index in [1.54, 1.807) is 45.6 Å². The summed E-state index contributed by atoms with van der Waals surface area (Å²) in [6.07, 6.45) is 2.87. The molecule has 1 heterocycles. The van der Waals surface area contributed by atoms with Crippen LogP contribution < -0.4 is 14.2 Å². The predicted molar refractivity (Wildman–Crippen MR) is 119 cm³/mol. The summed E-state index contributed by atoms with van der Waals surface area (Å²) >= 11 is 5.85. The van der Waals surface area contributed by atoms with Gasteiger partial charge in [-0.05, 0) is 36.3 Å². The van der Waals surface area contributed by atoms with Gasteiger partial charge in [0.2, 0.25) is 0 Å². The quantitative estimate of drug-likeness (QED) is 0.606. The molecule has 0 amide bonds. The molecule has 0 bridgehead atoms. The molecule has 0 radical (unpaired) electrons. The molecule has 0 aromatic heterocycles. The Morgan fingerprint density at radius 1 is 1.00 bits per heavy atom. The van der Waals surface area contributed by atoms with Crippen LogP contribution >= 0.6 is 11.6 Å². The average molecular weight is 452 g/mol. The third-order valence-corrected chi connectivity index (χ3v) is 7.14. The molecule has 0 N–H and O–H groups in total. The lowest BCUT2D eigenvalue weighted by molar-refractivity contribution is 0.318. The topological polar surface area (TPSA) is 65.1 Å². The Balaban J connectivity index is 1.71. The summed E-state index contributed by atoms with van der Waals surface area (Å²) in [4.78, 5) is 2.42. The number of hydrogen-bond acceptors (Lipinski definition) is 6. The van der Waals surface area contributed by atoms with Gasteiger partial charge in [-0.15, -0.1) is 0 Å². The van der Waals surface area contributed by atoms with Crippen molar-refractivity contribution in [2.45, 2.75) is 11.3 Å². The molecule has 0 saturated carbocycles. The number of rotatable bonds is 8. The molecular formula is C22H26ClNO5S. The van der Waals surface area contributed by atoms with E-state index >= 15 is 0 Å². The van der Waals surface area contributed by atoms with Crippen molar-refractivity contribution in [1.29, 1.82) is 0 Å². The smallest absolute Gasteiger partial charge is 0.179 e. The minimum atomic E-state index is -3.35. The second-order valence-corrected chi connectivity index (χ2v) is 9.51. The van der Waals surface area contributed by atoms with E-state index in [0.717, 1.165) is 24.1 Å². The van der Waals surface area contributed by atoms with Crippen LogP contribution in [0, 0.1) is 0 Å². The number of benzene rings is 2. The molecule has 1 aliphatic heterocycles. The van der Waals surface area contributed by atoms with Gasteiger partial charge in [0.05, 0.1) is 37.5 Å². The van der Waals surface area contributed by atoms with E-state index in [1.807, 2.05) is 12.1 Å². The Kier molecular flexibility index (Phi) is 7.28. The summed E-state index contributed by atoms with van der Waals surface area (Å²) in [6.45, 7) is 1.87. The van der Waals surface area contributed by atoms with Crippen LogP contribution in [0.5, 0.6) is 17.2 Å². The molecule has 162 valence electrons. The highest BCUT2D eigenvalue weighted by molar-refractivity contribution is 7.91. The monoisotopic (exact) mass is 451 g/mol. The Morgan fingerprint density at radius 3 is 2.13 bits per heavy atom. The van der Waals surface area contributed by atoms with Crippen LogP contribution in [0.2, 0.25) is 5.02 Å². The Hall–Kier alpha value is -2.22. The van der Waals surface area contributed by atoms with Crippen molar-refractivity contribution in [3.8, 4) is 17.2 Å². The molecule has 0 spiro atoms. The van der Waals surface area contributed by atoms with Gasteiger partial charge in [0.15, 0.2) is 9.84 Å². The van der Waals surface area contributed by atoms with Crippen LogP contribution in [-0.4, -0.2) is 60.0 Å². The van der Waals surface area contributed by atoms with Gasteiger partial charge in [-0.2, -0.15) is 0 Å². The molecule has 0 unspecified atom stereocenters. The summed E-state index contributed by atoms with van der Waals surface area (Å²) in [6, 6.07) is 9.97. The first kappa shape index (κ1) is 22.5. The van der Waals surface area contributed by atoms with Crippen LogP contribution in [0.15, 0.2) is 47.4 Å². The van der Waals surface area contributed by atoms with Gasteiger partial charge in [0.25, 0.3) is 0 Å². The second kappa shape index (κ2) is 9.73. The number of halogens is 1. The van der Waals surface area contributed by atoms with Gasteiger partial charge in [0, 0.05) is 36.8 Å². The molecule has 0 aliphatic carbocycles. The van der Waals surface area contributed by atoms with E-state index in [1.165, 1.54) is 0 Å². The minimum Gasteiger partial charge on any atom is -0.496 e. The molecular weight excluding hydrogens is 426 g/mol. The van der Waals surface area contributed by atoms with Gasteiger partial charge in [-0.1, -0.05) is 17.7 Å². The third-order valence-electron chi connectivity index (χ3n) is 5.18. The number of hydrogen-bond donors (Lipinski definition) is 0. The van der Waals surface area contributed by atoms with Gasteiger partial charge < -0.3 is 14.2 Å². The maximum absolute atomic E-state index is 12.6. The SMILES string of the molecule is COc1cc(OC)c(C2=CCN(CCS(=O)(=O)c3ccc(Cl)cc3)CC2)c(OC)c1. The second-order valence-electron chi connectivity index (χ2n) is 6.96. The lowest BCUT2D eigenvalue weighted by Gasteiger charge is -2.27. The summed E-state index contributed by atoms with van der Waals surface area (Å²) in [5.74, 6) is 2.11. The Bertz CT molecular complexity index is 993. The van der Waals surface area contributed by atoms with E-state index in [-0.39, 0.29) is 5.75 Å². The summed E-state index contributed by atoms with van der Waals surface area (Å²) < 4.78 is 41.6. The first-order valence-corrected chi connectivity index (χ1v) is 11.6. The molecule has 3 rings (SSSR count). The number of ether oxygens (including phenoxy) is 3. The number of nitrogens with zero attached hydrogens (tertiary/aromatic N) is 1. The molecule has 0 saturated heterocycles. The van der Waals surface area contributed by atoms with Crippen molar-refractivity contribution in [3.63, 3.8) is 0 Å². The van der Waals surface area contributed by atoms with Crippen molar-refractivity contribution in [3.05, 3.63) is 53.1 Å². The fraction of sp³-hybridized carbons (Fsp3) is 0.364. The fourth-order valence-corrected chi connectivity index (χ4v) is 4.88. The first-order valence-electron chi connectivity index (χ1n) is 9.58. The van der Waals surface area contributed by atoms with Crippen molar-refractivity contribution >= 4 is 27.0 Å². The standard InChI is InChI=1S/C22H26ClNO5S/c1-27-18-14-20(28-2)22(21(15-18)29-3)16-8-10-24(11-9-16)12-13-30(25,26)19-6-4-17(23)5-7-19/h4-8,14-15H,9-13H2,1-3H3. The molecule has 2 aromatic carbocycles. The minimum absolute atomic E-state index is 0.0625. The molecule has 2 aromatic rings. The molecule has 0 fully saturated rings. The lowest BCUT2D eigenvalue weighted by Crippen LogP contribution is -2.33. The van der Waals surface area contributed by atoms with Gasteiger partial charge in [-0.3, -0.25) is 4.90 Å². The zero-order chi connectivity index (χ0) is 21.7. The van der Waals surface area contributed by atoms with Crippen LogP contribution in [0.1, 0.15) is 12.0 Å². The summed E-state index contributed by atoms with van der Waals surface area (Å²) in [5.41, 5.74) is 2.03. The molecule has 30 heavy (non-hydrogen) atoms. The van der Waals surface area contributed by atoms with Gasteiger partial charge in [0.1, 0.15) is 17.2 Å². The Labute approximate surface area is 182 Å². The third kappa shape index (κ3) is 5.09. The Morgan fingerprint density at radius 2 is 1.63 bits per heavy atom. The zero-order valence-electron chi connectivity index (χ0n) is 17.4. The maximum Gasteiger partial charge on any atom is 0.179 e. The highest BCUT2D eigenvalue weighted by atomic mass is 35.5. The van der Waals surface area contributed by atoms with Gasteiger partial charge in [-0.25, -0.2) is 8.42 Å². The van der Waals surface area contributed by atoms with Crippen molar-refractivity contribution in [2.24, 2.45) is 0 Å². The van der Waals surface area contributed by atoms with Crippen molar-refractivity contribution in [2.75, 3.05) is 46.7 Å². The lowest BCUT2D eigenvalue weighted by atomic mass is 9.97. The van der Waals surface area contributed by atoms with Crippen LogP contribution in [0.3, 0.4) is 0 Å². The average Bonchev–Trinajstić information content (AvgIpc) is 2.77. The molecule has 1 aliphatic rings. The highest BCUT2D eigenvalue weighted by Crippen LogP contribution is 2.40. The first-order chi connectivity index (χ1) is 14.4. The summed E-state index contributed by atoms with van der Waals surface area (Å²) in [5, 5.41) is 0.520. The number of methoxy groups -OCH3 is 3. The van der Waals surface area contributed by atoms with Crippen LogP contribution in [-0.2, 0) is 9.84 Å². The van der Waals surface area contributed by atoms with Crippen LogP contribution in [0.25, 0.3) is 5.57 Å². The van der Waals surface area contributed by atoms with Crippen LogP contribution in [0.4, 0.5) is 0 Å². The fourth-order valence-electron chi connectivity index (χ4n) is 3.47. The maximum atomic E-state index is 12.6. The molecule has 0 atom stereocenters. The molecule has 8 heteroatoms. The predicted octanol–water partition coefficient (Wildman–Crippen LogP) is 3.93. The van der Waals surface area contributed by atoms with Gasteiger partial charge >= 0.3 is 0 Å². The highest BCUT2D eigenvalue weighted by Gasteiger charge is 2.22. The number of sulfone groups is 1. The van der Waals surface area contributed by atoms with E-state index in [9.17, 15) is 8.42 Å². The van der Waals surface area contributed by atoms with E-state index in [4.69, 9.17) is 25.8 Å². The molecule has 6 nitrogen and oxygen atoms in total. The van der Waals surface area contributed by atoms with E-state index < -0.39 is 9.84 Å². The van der Waals surface area contributed by atoms with E-state index in [0.29, 0.717) is 40.3 Å². The zero-order valence-corrected chi connectivity index (χ0v) is 18.9. The van der Waals surface area contributed by atoms with E-state index in [2.05, 4.69) is 11.0 Å². The van der Waals surface area contributed by atoms with Crippen molar-refractivity contribution in [1.82, 2.24) is 4.90 Å². The normalized spacial score (nSPS) is 14.9. The summed E-state index contributed by atoms with van der Waals surface area (Å²) in [7, 11) is 1.50. The van der Waals surface area contributed by atoms with Crippen molar-refractivity contribution < 1.29 is 22.6 Å². The largest absolute Gasteiger partial charge is 0.496 e.